The number of aryl methyl sites for hydroxylation is 1. The summed E-state index contributed by atoms with van der Waals surface area (Å²) in [6, 6.07) is 6.35. The first-order chi connectivity index (χ1) is 16.5. The molecule has 2 unspecified atom stereocenters. The van der Waals surface area contributed by atoms with Crippen molar-refractivity contribution in [3.8, 4) is 0 Å². The van der Waals surface area contributed by atoms with E-state index < -0.39 is 6.04 Å². The van der Waals surface area contributed by atoms with Gasteiger partial charge in [-0.2, -0.15) is 5.10 Å². The minimum absolute atomic E-state index is 0.0255. The largest absolute Gasteiger partial charge is 0.329 e. The number of carbonyl (C=O) groups excluding carboxylic acids is 2. The minimum Gasteiger partial charge on any atom is -0.329 e. The number of likely N-dealkylation sites (tertiary alicyclic amines) is 1. The van der Waals surface area contributed by atoms with E-state index >= 15 is 0 Å². The Labute approximate surface area is 201 Å². The second-order valence-corrected chi connectivity index (χ2v) is 9.86. The molecule has 7 nitrogen and oxygen atoms in total. The summed E-state index contributed by atoms with van der Waals surface area (Å²) in [5.41, 5.74) is 5.18. The summed E-state index contributed by atoms with van der Waals surface area (Å²) in [4.78, 5) is 29.8. The Hall–Kier alpha value is -2.93. The summed E-state index contributed by atoms with van der Waals surface area (Å²) in [5, 5.41) is 7.29. The first-order valence-corrected chi connectivity index (χ1v) is 12.7. The van der Waals surface area contributed by atoms with Crippen molar-refractivity contribution in [2.75, 3.05) is 13.1 Å². The van der Waals surface area contributed by atoms with Gasteiger partial charge in [0.25, 0.3) is 5.91 Å². The van der Waals surface area contributed by atoms with Gasteiger partial charge in [-0.3, -0.25) is 19.2 Å². The molecule has 2 aromatic rings. The maximum absolute atomic E-state index is 13.0. The maximum Gasteiger partial charge on any atom is 0.255 e. The van der Waals surface area contributed by atoms with Gasteiger partial charge in [-0.1, -0.05) is 25.6 Å². The molecule has 1 aromatic carbocycles. The van der Waals surface area contributed by atoms with Crippen LogP contribution in [0.15, 0.2) is 42.9 Å². The van der Waals surface area contributed by atoms with Crippen LogP contribution in [0, 0.1) is 0 Å². The first kappa shape index (κ1) is 22.8. The lowest BCUT2D eigenvalue weighted by Gasteiger charge is -2.37. The third kappa shape index (κ3) is 4.17. The Morgan fingerprint density at radius 3 is 2.65 bits per heavy atom. The zero-order valence-electron chi connectivity index (χ0n) is 20.3. The van der Waals surface area contributed by atoms with E-state index in [1.165, 1.54) is 11.1 Å². The van der Waals surface area contributed by atoms with Crippen LogP contribution in [0.25, 0.3) is 0 Å². The molecule has 2 fully saturated rings. The minimum atomic E-state index is -0.403. The Morgan fingerprint density at radius 2 is 1.97 bits per heavy atom. The van der Waals surface area contributed by atoms with E-state index in [-0.39, 0.29) is 11.8 Å². The Kier molecular flexibility index (Phi) is 6.30. The number of carbonyl (C=O) groups is 2. The molecule has 1 N–H and O–H groups in total. The lowest BCUT2D eigenvalue weighted by molar-refractivity contribution is -0.126. The first-order valence-electron chi connectivity index (χ1n) is 12.7. The quantitative estimate of drug-likeness (QED) is 0.706. The number of benzene rings is 1. The van der Waals surface area contributed by atoms with Crippen molar-refractivity contribution in [3.05, 3.63) is 65.1 Å². The summed E-state index contributed by atoms with van der Waals surface area (Å²) in [7, 11) is 0. The number of amides is 2. The molecule has 5 rings (SSSR count). The number of rotatable bonds is 6. The fourth-order valence-corrected chi connectivity index (χ4v) is 5.90. The predicted molar refractivity (Wildman–Crippen MR) is 131 cm³/mol. The highest BCUT2D eigenvalue weighted by Gasteiger charge is 2.38. The third-order valence-electron chi connectivity index (χ3n) is 7.85. The molecule has 0 bridgehead atoms. The van der Waals surface area contributed by atoms with Gasteiger partial charge in [0, 0.05) is 42.2 Å². The number of hydrogen-bond donors (Lipinski definition) is 1. The van der Waals surface area contributed by atoms with Gasteiger partial charge < -0.3 is 10.2 Å². The molecule has 7 heteroatoms. The summed E-state index contributed by atoms with van der Waals surface area (Å²) in [6.45, 7) is 11.8. The molecule has 0 aliphatic carbocycles. The van der Waals surface area contributed by atoms with Crippen molar-refractivity contribution in [2.45, 2.75) is 77.0 Å². The fourth-order valence-electron chi connectivity index (χ4n) is 5.90. The number of hydrogen-bond acceptors (Lipinski definition) is 4. The molecule has 180 valence electrons. The van der Waals surface area contributed by atoms with Crippen LogP contribution in [0.3, 0.4) is 0 Å². The zero-order chi connectivity index (χ0) is 23.8. The van der Waals surface area contributed by atoms with E-state index in [0.717, 1.165) is 62.1 Å². The highest BCUT2D eigenvalue weighted by Crippen LogP contribution is 2.36. The van der Waals surface area contributed by atoms with Crippen LogP contribution in [0.2, 0.25) is 0 Å². The van der Waals surface area contributed by atoms with E-state index in [0.29, 0.717) is 24.9 Å². The van der Waals surface area contributed by atoms with E-state index in [9.17, 15) is 9.59 Å². The maximum atomic E-state index is 13.0. The molecular formula is C27H35N5O2. The van der Waals surface area contributed by atoms with E-state index in [1.54, 1.807) is 4.90 Å². The van der Waals surface area contributed by atoms with Gasteiger partial charge in [0.15, 0.2) is 0 Å². The van der Waals surface area contributed by atoms with Gasteiger partial charge in [0.05, 0.1) is 6.20 Å². The molecular weight excluding hydrogens is 426 g/mol. The van der Waals surface area contributed by atoms with Gasteiger partial charge >= 0.3 is 0 Å². The standard InChI is InChI=1S/C27H35N5O2/c1-4-24(22-15-28-31(5-2)16-22)30-12-10-19(11-13-30)20-7-8-23-21(14-20)17-32(27(23)34)25-9-6-18(3)29-26(25)33/h7-8,14-16,19,24-25H,3-6,9-13,17H2,1-2H3,(H,29,33). The van der Waals surface area contributed by atoms with E-state index in [2.05, 4.69) is 54.1 Å². The predicted octanol–water partition coefficient (Wildman–Crippen LogP) is 3.98. The topological polar surface area (TPSA) is 70.5 Å². The van der Waals surface area contributed by atoms with E-state index in [4.69, 9.17) is 0 Å². The fraction of sp³-hybridized carbons (Fsp3) is 0.519. The van der Waals surface area contributed by atoms with Gasteiger partial charge in [0.1, 0.15) is 6.04 Å². The third-order valence-corrected chi connectivity index (χ3v) is 7.85. The van der Waals surface area contributed by atoms with Crippen molar-refractivity contribution in [1.29, 1.82) is 0 Å². The van der Waals surface area contributed by atoms with Crippen molar-refractivity contribution in [2.24, 2.45) is 0 Å². The molecule has 0 saturated carbocycles. The second-order valence-electron chi connectivity index (χ2n) is 9.86. The molecule has 4 heterocycles. The summed E-state index contributed by atoms with van der Waals surface area (Å²) in [6.07, 6.45) is 8.88. The summed E-state index contributed by atoms with van der Waals surface area (Å²) < 4.78 is 2.01. The molecule has 2 saturated heterocycles. The van der Waals surface area contributed by atoms with Gasteiger partial charge in [0.2, 0.25) is 5.91 Å². The SMILES string of the molecule is C=C1CCC(N2Cc3cc(C4CCN(C(CC)c5cnn(CC)c5)CC4)ccc3C2=O)C(=O)N1. The average Bonchev–Trinajstić information content (AvgIpc) is 3.44. The number of piperidine rings is 2. The van der Waals surface area contributed by atoms with Crippen molar-refractivity contribution in [3.63, 3.8) is 0 Å². The van der Waals surface area contributed by atoms with Crippen molar-refractivity contribution in [1.82, 2.24) is 24.9 Å². The highest BCUT2D eigenvalue weighted by atomic mass is 16.2. The van der Waals surface area contributed by atoms with Gasteiger partial charge in [-0.05, 0) is 75.2 Å². The number of nitrogens with zero attached hydrogens (tertiary/aromatic N) is 4. The number of aromatic nitrogens is 2. The zero-order valence-corrected chi connectivity index (χ0v) is 20.3. The number of nitrogens with one attached hydrogen (secondary N) is 1. The molecule has 3 aliphatic heterocycles. The van der Waals surface area contributed by atoms with Crippen LogP contribution >= 0.6 is 0 Å². The number of allylic oxidation sites excluding steroid dienone is 1. The van der Waals surface area contributed by atoms with Crippen LogP contribution < -0.4 is 5.32 Å². The molecule has 0 radical (unpaired) electrons. The van der Waals surface area contributed by atoms with Crippen LogP contribution in [0.1, 0.15) is 85.0 Å². The number of fused-ring (bicyclic) bond motifs is 1. The highest BCUT2D eigenvalue weighted by molar-refractivity contribution is 6.01. The van der Waals surface area contributed by atoms with Crippen molar-refractivity contribution >= 4 is 11.8 Å². The van der Waals surface area contributed by atoms with Gasteiger partial charge in [-0.15, -0.1) is 0 Å². The van der Waals surface area contributed by atoms with Crippen LogP contribution in [0.5, 0.6) is 0 Å². The van der Waals surface area contributed by atoms with Crippen molar-refractivity contribution < 1.29 is 9.59 Å². The molecule has 3 aliphatic rings. The van der Waals surface area contributed by atoms with Crippen LogP contribution in [-0.4, -0.2) is 50.5 Å². The molecule has 34 heavy (non-hydrogen) atoms. The normalized spacial score (nSPS) is 22.7. The molecule has 0 spiro atoms. The molecule has 2 amide bonds. The summed E-state index contributed by atoms with van der Waals surface area (Å²) >= 11 is 0. The average molecular weight is 462 g/mol. The lowest BCUT2D eigenvalue weighted by atomic mass is 9.87. The Bertz CT molecular complexity index is 1100. The second kappa shape index (κ2) is 9.37. The van der Waals surface area contributed by atoms with Gasteiger partial charge in [-0.25, -0.2) is 0 Å². The van der Waals surface area contributed by atoms with Crippen LogP contribution in [-0.2, 0) is 17.9 Å². The lowest BCUT2D eigenvalue weighted by Crippen LogP contribution is -2.49. The smallest absolute Gasteiger partial charge is 0.255 e. The Balaban J connectivity index is 1.24. The molecule has 2 atom stereocenters. The molecule has 1 aromatic heterocycles. The summed E-state index contributed by atoms with van der Waals surface area (Å²) in [5.74, 6) is 0.366. The van der Waals surface area contributed by atoms with E-state index in [1.807, 2.05) is 16.9 Å². The Morgan fingerprint density at radius 1 is 1.18 bits per heavy atom. The van der Waals surface area contributed by atoms with Crippen LogP contribution in [0.4, 0.5) is 0 Å². The monoisotopic (exact) mass is 461 g/mol.